The maximum absolute atomic E-state index is 9.71. The van der Waals surface area contributed by atoms with Crippen LogP contribution in [0.5, 0.6) is 0 Å². The summed E-state index contributed by atoms with van der Waals surface area (Å²) in [5.41, 5.74) is 1.98. The Morgan fingerprint density at radius 2 is 2.56 bits per heavy atom. The van der Waals surface area contributed by atoms with Crippen molar-refractivity contribution in [2.45, 2.75) is 13.3 Å². The maximum atomic E-state index is 9.71. The first-order valence-corrected chi connectivity index (χ1v) is 2.78. The van der Waals surface area contributed by atoms with Gasteiger partial charge < -0.3 is 0 Å². The van der Waals surface area contributed by atoms with Crippen LogP contribution in [0.1, 0.15) is 13.3 Å². The van der Waals surface area contributed by atoms with Crippen LogP contribution in [-0.2, 0) is 4.79 Å². The molecule has 1 aliphatic rings. The van der Waals surface area contributed by atoms with Crippen LogP contribution in [0.3, 0.4) is 0 Å². The van der Waals surface area contributed by atoms with Gasteiger partial charge in [-0.05, 0) is 19.4 Å². The van der Waals surface area contributed by atoms with Crippen LogP contribution in [0.15, 0.2) is 28.4 Å². The zero-order valence-corrected chi connectivity index (χ0v) is 5.22. The number of hydrogen-bond donors (Lipinski definition) is 0. The molecule has 0 aromatic carbocycles. The summed E-state index contributed by atoms with van der Waals surface area (Å²) in [7, 11) is 0. The molecular weight excluding hydrogens is 114 g/mol. The molecule has 0 amide bonds. The molecule has 1 aliphatic carbocycles. The van der Waals surface area contributed by atoms with Gasteiger partial charge in [0.1, 0.15) is 0 Å². The largest absolute Gasteiger partial charge is 0.240 e. The summed E-state index contributed by atoms with van der Waals surface area (Å²) < 4.78 is 0. The average molecular weight is 121 g/mol. The molecule has 0 aromatic rings. The van der Waals surface area contributed by atoms with Gasteiger partial charge in [-0.25, -0.2) is 4.79 Å². The van der Waals surface area contributed by atoms with Crippen LogP contribution >= 0.6 is 0 Å². The maximum Gasteiger partial charge on any atom is 0.240 e. The third-order valence-corrected chi connectivity index (χ3v) is 1.20. The molecule has 0 aromatic heterocycles. The lowest BCUT2D eigenvalue weighted by molar-refractivity contribution is 0.565. The molecule has 0 radical (unpaired) electrons. The molecule has 0 N–H and O–H groups in total. The van der Waals surface area contributed by atoms with Crippen molar-refractivity contribution < 1.29 is 4.79 Å². The van der Waals surface area contributed by atoms with Crippen LogP contribution in [0.2, 0.25) is 0 Å². The van der Waals surface area contributed by atoms with E-state index in [2.05, 4.69) is 4.99 Å². The smallest absolute Gasteiger partial charge is 0.211 e. The topological polar surface area (TPSA) is 29.4 Å². The second-order valence-corrected chi connectivity index (χ2v) is 2.03. The molecule has 2 nitrogen and oxygen atoms in total. The van der Waals surface area contributed by atoms with Crippen LogP contribution in [0.4, 0.5) is 0 Å². The van der Waals surface area contributed by atoms with Crippen molar-refractivity contribution >= 4 is 6.08 Å². The van der Waals surface area contributed by atoms with Gasteiger partial charge in [0.05, 0.1) is 5.70 Å². The molecular formula is C7H7NO. The molecule has 9 heavy (non-hydrogen) atoms. The van der Waals surface area contributed by atoms with E-state index in [0.717, 1.165) is 12.1 Å². The van der Waals surface area contributed by atoms with E-state index in [1.165, 1.54) is 11.7 Å². The summed E-state index contributed by atoms with van der Waals surface area (Å²) in [6.07, 6.45) is 6.19. The molecule has 0 saturated carbocycles. The minimum atomic E-state index is 0.738. The van der Waals surface area contributed by atoms with Crippen LogP contribution in [0.25, 0.3) is 0 Å². The summed E-state index contributed by atoms with van der Waals surface area (Å²) in [6, 6.07) is 0. The Kier molecular flexibility index (Phi) is 1.61. The minimum absolute atomic E-state index is 0.738. The van der Waals surface area contributed by atoms with Crippen molar-refractivity contribution in [1.29, 1.82) is 0 Å². The van der Waals surface area contributed by atoms with Crippen LogP contribution < -0.4 is 0 Å². The Hall–Kier alpha value is -1.14. The van der Waals surface area contributed by atoms with E-state index in [1.807, 2.05) is 19.1 Å². The highest BCUT2D eigenvalue weighted by atomic mass is 16.1. The SMILES string of the molecule is CC1=CC(N=C=O)=CC1. The molecule has 0 bridgehead atoms. The molecule has 0 unspecified atom stereocenters. The Bertz CT molecular complexity index is 219. The first-order chi connectivity index (χ1) is 4.33. The van der Waals surface area contributed by atoms with E-state index in [-0.39, 0.29) is 0 Å². The zero-order chi connectivity index (χ0) is 6.69. The predicted octanol–water partition coefficient (Wildman–Crippen LogP) is 1.56. The lowest BCUT2D eigenvalue weighted by atomic mass is 10.3. The lowest BCUT2D eigenvalue weighted by Gasteiger charge is -1.79. The van der Waals surface area contributed by atoms with Gasteiger partial charge in [0.15, 0.2) is 0 Å². The standard InChI is InChI=1S/C7H7NO/c1-6-2-3-7(4-6)8-5-9/h3-4H,2H2,1H3. The molecule has 0 fully saturated rings. The van der Waals surface area contributed by atoms with E-state index >= 15 is 0 Å². The van der Waals surface area contributed by atoms with Crippen molar-refractivity contribution in [1.82, 2.24) is 0 Å². The van der Waals surface area contributed by atoms with Gasteiger partial charge in [-0.2, -0.15) is 4.99 Å². The number of nitrogens with zero attached hydrogens (tertiary/aromatic N) is 1. The Labute approximate surface area is 53.6 Å². The third kappa shape index (κ3) is 1.37. The molecule has 0 heterocycles. The van der Waals surface area contributed by atoms with Crippen molar-refractivity contribution in [3.05, 3.63) is 23.4 Å². The number of isocyanates is 1. The van der Waals surface area contributed by atoms with Crippen molar-refractivity contribution in [2.24, 2.45) is 4.99 Å². The quantitative estimate of drug-likeness (QED) is 0.382. The number of carbonyl (C=O) groups excluding carboxylic acids is 1. The highest BCUT2D eigenvalue weighted by molar-refractivity contribution is 5.42. The monoisotopic (exact) mass is 121 g/mol. The summed E-state index contributed by atoms with van der Waals surface area (Å²) >= 11 is 0. The number of allylic oxidation sites excluding steroid dienone is 3. The van der Waals surface area contributed by atoms with Crippen molar-refractivity contribution in [3.63, 3.8) is 0 Å². The predicted molar refractivity (Wildman–Crippen MR) is 34.6 cm³/mol. The van der Waals surface area contributed by atoms with Gasteiger partial charge >= 0.3 is 0 Å². The van der Waals surface area contributed by atoms with Crippen molar-refractivity contribution in [2.75, 3.05) is 0 Å². The summed E-state index contributed by atoms with van der Waals surface area (Å²) in [6.45, 7) is 2.00. The van der Waals surface area contributed by atoms with Gasteiger partial charge in [0.25, 0.3) is 0 Å². The normalized spacial score (nSPS) is 16.1. The first-order valence-electron chi connectivity index (χ1n) is 2.78. The van der Waals surface area contributed by atoms with Gasteiger partial charge in [0.2, 0.25) is 6.08 Å². The van der Waals surface area contributed by atoms with Gasteiger partial charge in [0, 0.05) is 0 Å². The van der Waals surface area contributed by atoms with E-state index in [9.17, 15) is 4.79 Å². The average Bonchev–Trinajstić information content (AvgIpc) is 2.17. The molecule has 46 valence electrons. The molecule has 0 atom stereocenters. The third-order valence-electron chi connectivity index (χ3n) is 1.20. The second kappa shape index (κ2) is 2.42. The second-order valence-electron chi connectivity index (χ2n) is 2.03. The fourth-order valence-electron chi connectivity index (χ4n) is 0.766. The van der Waals surface area contributed by atoms with E-state index in [1.54, 1.807) is 0 Å². The van der Waals surface area contributed by atoms with Crippen molar-refractivity contribution in [3.8, 4) is 0 Å². The Morgan fingerprint density at radius 3 is 3.00 bits per heavy atom. The van der Waals surface area contributed by atoms with E-state index in [4.69, 9.17) is 0 Å². The van der Waals surface area contributed by atoms with Crippen LogP contribution in [-0.4, -0.2) is 6.08 Å². The van der Waals surface area contributed by atoms with Gasteiger partial charge in [-0.3, -0.25) is 0 Å². The fraction of sp³-hybridized carbons (Fsp3) is 0.286. The number of hydrogen-bond acceptors (Lipinski definition) is 2. The summed E-state index contributed by atoms with van der Waals surface area (Å²) in [4.78, 5) is 13.2. The zero-order valence-electron chi connectivity index (χ0n) is 5.22. The molecule has 2 heteroatoms. The Morgan fingerprint density at radius 1 is 1.78 bits per heavy atom. The van der Waals surface area contributed by atoms with Gasteiger partial charge in [-0.15, -0.1) is 0 Å². The van der Waals surface area contributed by atoms with E-state index < -0.39 is 0 Å². The van der Waals surface area contributed by atoms with Crippen LogP contribution in [0, 0.1) is 0 Å². The first kappa shape index (κ1) is 5.99. The highest BCUT2D eigenvalue weighted by Crippen LogP contribution is 2.16. The Balaban J connectivity index is 2.75. The molecule has 0 aliphatic heterocycles. The summed E-state index contributed by atoms with van der Waals surface area (Å²) in [5.74, 6) is 0. The van der Waals surface area contributed by atoms with E-state index in [0.29, 0.717) is 0 Å². The number of aliphatic imine (C=N–C) groups is 1. The molecule has 1 rings (SSSR count). The lowest BCUT2D eigenvalue weighted by Crippen LogP contribution is -1.62. The highest BCUT2D eigenvalue weighted by Gasteiger charge is 1.98. The fourth-order valence-corrected chi connectivity index (χ4v) is 0.766. The summed E-state index contributed by atoms with van der Waals surface area (Å²) in [5, 5.41) is 0. The molecule has 0 spiro atoms. The minimum Gasteiger partial charge on any atom is -0.211 e. The number of rotatable bonds is 1. The molecule has 0 saturated heterocycles. The van der Waals surface area contributed by atoms with Gasteiger partial charge in [-0.1, -0.05) is 11.6 Å².